The number of rotatable bonds is 4. The third-order valence-electron chi connectivity index (χ3n) is 5.47. The molecule has 0 spiro atoms. The van der Waals surface area contributed by atoms with E-state index < -0.39 is 4.92 Å². The van der Waals surface area contributed by atoms with E-state index in [1.165, 1.54) is 30.3 Å². The number of aliphatic imine (C=N–C) groups is 1. The number of amidine groups is 1. The largest absolute Gasteiger partial charge is 0.283 e. The number of allylic oxidation sites excluding steroid dienone is 1. The minimum absolute atomic E-state index is 0.0320. The zero-order valence-electron chi connectivity index (χ0n) is 16.7. The lowest BCUT2D eigenvalue weighted by Gasteiger charge is -2.30. The van der Waals surface area contributed by atoms with E-state index in [1.54, 1.807) is 24.5 Å². The number of nitro groups is 1. The van der Waals surface area contributed by atoms with E-state index >= 15 is 0 Å². The molecule has 1 saturated carbocycles. The Morgan fingerprint density at radius 2 is 1.93 bits per heavy atom. The first kappa shape index (κ1) is 20.3. The maximum atomic E-state index is 13.4. The molecule has 7 nitrogen and oxygen atoms in total. The van der Waals surface area contributed by atoms with Crippen LogP contribution in [0.1, 0.15) is 44.6 Å². The zero-order valence-corrected chi connectivity index (χ0v) is 17.5. The number of carbonyl (C=O) groups is 1. The van der Waals surface area contributed by atoms with Crippen molar-refractivity contribution < 1.29 is 9.72 Å². The van der Waals surface area contributed by atoms with E-state index in [0.29, 0.717) is 15.8 Å². The normalized spacial score (nSPS) is 20.6. The summed E-state index contributed by atoms with van der Waals surface area (Å²) in [6, 6.07) is 10.2. The van der Waals surface area contributed by atoms with Gasteiger partial charge in [-0.1, -0.05) is 19.3 Å². The van der Waals surface area contributed by atoms with Crippen molar-refractivity contribution in [3.8, 4) is 0 Å². The van der Waals surface area contributed by atoms with Gasteiger partial charge in [0.25, 0.3) is 11.6 Å². The minimum atomic E-state index is -0.425. The lowest BCUT2D eigenvalue weighted by molar-refractivity contribution is -0.384. The molecule has 1 amide bonds. The molecule has 0 unspecified atom stereocenters. The maximum absolute atomic E-state index is 13.4. The van der Waals surface area contributed by atoms with Gasteiger partial charge in [-0.25, -0.2) is 4.99 Å². The first-order valence-corrected chi connectivity index (χ1v) is 10.8. The van der Waals surface area contributed by atoms with Crippen LogP contribution in [0.3, 0.4) is 0 Å². The van der Waals surface area contributed by atoms with Gasteiger partial charge in [0.1, 0.15) is 0 Å². The van der Waals surface area contributed by atoms with Crippen LogP contribution in [0.25, 0.3) is 5.57 Å². The van der Waals surface area contributed by atoms with E-state index in [4.69, 9.17) is 4.99 Å². The quantitative estimate of drug-likeness (QED) is 0.378. The smallest absolute Gasteiger partial charge is 0.269 e. The van der Waals surface area contributed by atoms with Crippen LogP contribution in [-0.4, -0.2) is 31.9 Å². The molecule has 8 heteroatoms. The fraction of sp³-hybridized carbons (Fsp3) is 0.318. The summed E-state index contributed by atoms with van der Waals surface area (Å²) in [6.45, 7) is 1.88. The highest BCUT2D eigenvalue weighted by Crippen LogP contribution is 2.41. The summed E-state index contributed by atoms with van der Waals surface area (Å²) in [5.74, 6) is -0.0367. The van der Waals surface area contributed by atoms with E-state index in [0.717, 1.165) is 36.8 Å². The predicted molar refractivity (Wildman–Crippen MR) is 118 cm³/mol. The van der Waals surface area contributed by atoms with Gasteiger partial charge in [-0.15, -0.1) is 0 Å². The van der Waals surface area contributed by atoms with Crippen LogP contribution in [0.15, 0.2) is 58.7 Å². The Bertz CT molecular complexity index is 1010. The lowest BCUT2D eigenvalue weighted by atomic mass is 9.94. The van der Waals surface area contributed by atoms with Crippen LogP contribution in [0, 0.1) is 10.1 Å². The van der Waals surface area contributed by atoms with Crippen LogP contribution in [0.4, 0.5) is 11.4 Å². The Kier molecular flexibility index (Phi) is 5.94. The zero-order chi connectivity index (χ0) is 21.1. The Labute approximate surface area is 179 Å². The molecule has 2 aliphatic rings. The van der Waals surface area contributed by atoms with Crippen molar-refractivity contribution in [2.24, 2.45) is 4.99 Å². The average molecular weight is 423 g/mol. The number of thioether (sulfide) groups is 1. The summed E-state index contributed by atoms with van der Waals surface area (Å²) in [5, 5.41) is 11.6. The predicted octanol–water partition coefficient (Wildman–Crippen LogP) is 5.32. The molecular weight excluding hydrogens is 400 g/mol. The second-order valence-electron chi connectivity index (χ2n) is 7.43. The first-order valence-electron chi connectivity index (χ1n) is 10.0. The van der Waals surface area contributed by atoms with Crippen molar-refractivity contribution >= 4 is 39.8 Å². The summed E-state index contributed by atoms with van der Waals surface area (Å²) >= 11 is 1.37. The molecule has 1 aliphatic carbocycles. The number of carbonyl (C=O) groups excluding carboxylic acids is 1. The molecule has 4 rings (SSSR count). The van der Waals surface area contributed by atoms with Gasteiger partial charge in [0.05, 0.1) is 21.7 Å². The van der Waals surface area contributed by atoms with Gasteiger partial charge in [-0.05, 0) is 66.9 Å². The van der Waals surface area contributed by atoms with Crippen molar-refractivity contribution in [2.45, 2.75) is 45.1 Å². The van der Waals surface area contributed by atoms with Crippen molar-refractivity contribution in [1.29, 1.82) is 0 Å². The summed E-state index contributed by atoms with van der Waals surface area (Å²) < 4.78 is 0. The van der Waals surface area contributed by atoms with Gasteiger partial charge in [0.15, 0.2) is 5.17 Å². The molecule has 2 heterocycles. The van der Waals surface area contributed by atoms with Gasteiger partial charge in [-0.3, -0.25) is 24.8 Å². The van der Waals surface area contributed by atoms with Crippen molar-refractivity contribution in [3.63, 3.8) is 0 Å². The van der Waals surface area contributed by atoms with Crippen LogP contribution in [-0.2, 0) is 4.79 Å². The van der Waals surface area contributed by atoms with Gasteiger partial charge in [0.2, 0.25) is 0 Å². The summed E-state index contributed by atoms with van der Waals surface area (Å²) in [5.41, 5.74) is 2.34. The molecule has 1 aliphatic heterocycles. The highest BCUT2D eigenvalue weighted by Gasteiger charge is 2.39. The third-order valence-corrected chi connectivity index (χ3v) is 6.63. The van der Waals surface area contributed by atoms with Gasteiger partial charge in [-0.2, -0.15) is 0 Å². The van der Waals surface area contributed by atoms with Crippen molar-refractivity contribution in [2.75, 3.05) is 0 Å². The molecule has 0 atom stereocenters. The highest BCUT2D eigenvalue weighted by molar-refractivity contribution is 8.18. The first-order chi connectivity index (χ1) is 14.5. The van der Waals surface area contributed by atoms with Gasteiger partial charge >= 0.3 is 0 Å². The Morgan fingerprint density at radius 1 is 1.20 bits per heavy atom. The van der Waals surface area contributed by atoms with E-state index in [2.05, 4.69) is 4.98 Å². The van der Waals surface area contributed by atoms with Crippen LogP contribution in [0.5, 0.6) is 0 Å². The van der Waals surface area contributed by atoms with Crippen molar-refractivity contribution in [3.05, 3.63) is 69.4 Å². The molecular formula is C22H22N4O3S. The fourth-order valence-electron chi connectivity index (χ4n) is 3.85. The number of benzene rings is 1. The molecule has 1 aromatic heterocycles. The number of pyridine rings is 1. The van der Waals surface area contributed by atoms with Crippen LogP contribution < -0.4 is 0 Å². The Hall–Kier alpha value is -3.00. The van der Waals surface area contributed by atoms with E-state index in [9.17, 15) is 14.9 Å². The van der Waals surface area contributed by atoms with Crippen molar-refractivity contribution in [1.82, 2.24) is 9.88 Å². The standard InChI is InChI=1S/C22H22N4O3S/c1-15(16-9-11-19(12-10-16)26(28)29)20-21(27)25(18-7-3-2-4-8-18)22(30-20)24-17-6-5-13-23-14-17/h5-6,9-14,18H,2-4,7-8H2,1H3/b20-15-,24-22?. The van der Waals surface area contributed by atoms with Crippen LogP contribution >= 0.6 is 11.8 Å². The van der Waals surface area contributed by atoms with E-state index in [1.807, 2.05) is 24.0 Å². The number of hydrogen-bond acceptors (Lipinski definition) is 6. The van der Waals surface area contributed by atoms with Gasteiger partial charge < -0.3 is 0 Å². The van der Waals surface area contributed by atoms with E-state index in [-0.39, 0.29) is 17.6 Å². The fourth-order valence-corrected chi connectivity index (χ4v) is 4.97. The molecule has 154 valence electrons. The topological polar surface area (TPSA) is 88.7 Å². The molecule has 2 fully saturated rings. The molecule has 2 aromatic rings. The number of nitrogens with zero attached hydrogens (tertiary/aromatic N) is 4. The number of aromatic nitrogens is 1. The third kappa shape index (κ3) is 4.14. The average Bonchev–Trinajstić information content (AvgIpc) is 3.10. The summed E-state index contributed by atoms with van der Waals surface area (Å²) in [4.78, 5) is 35.3. The number of nitro benzene ring substituents is 1. The molecule has 1 saturated heterocycles. The number of amides is 1. The monoisotopic (exact) mass is 422 g/mol. The molecule has 0 radical (unpaired) electrons. The highest BCUT2D eigenvalue weighted by atomic mass is 32.2. The SMILES string of the molecule is C/C(=C1/SC(=Nc2cccnc2)N(C2CCCCC2)C1=O)c1ccc([N+](=O)[O-])cc1. The second kappa shape index (κ2) is 8.79. The lowest BCUT2D eigenvalue weighted by Crippen LogP contribution is -2.40. The summed E-state index contributed by atoms with van der Waals surface area (Å²) in [6.07, 6.45) is 8.75. The second-order valence-corrected chi connectivity index (χ2v) is 8.41. The Morgan fingerprint density at radius 3 is 2.57 bits per heavy atom. The maximum Gasteiger partial charge on any atom is 0.269 e. The minimum Gasteiger partial charge on any atom is -0.283 e. The van der Waals surface area contributed by atoms with Crippen LogP contribution in [0.2, 0.25) is 0 Å². The molecule has 0 bridgehead atoms. The molecule has 30 heavy (non-hydrogen) atoms. The van der Waals surface area contributed by atoms with Gasteiger partial charge in [0, 0.05) is 24.4 Å². The molecule has 1 aromatic carbocycles. The molecule has 0 N–H and O–H groups in total. The Balaban J connectivity index is 1.72. The number of non-ortho nitro benzene ring substituents is 1. The number of hydrogen-bond donors (Lipinski definition) is 0. The summed E-state index contributed by atoms with van der Waals surface area (Å²) in [7, 11) is 0.